The molecule has 0 heterocycles. The van der Waals surface area contributed by atoms with E-state index < -0.39 is 5.60 Å². The lowest BCUT2D eigenvalue weighted by atomic mass is 9.84. The Balaban J connectivity index is 2.35. The Kier molecular flexibility index (Phi) is 6.05. The van der Waals surface area contributed by atoms with E-state index in [1.165, 1.54) is 0 Å². The first-order valence-electron chi connectivity index (χ1n) is 6.71. The number of methoxy groups -OCH3 is 1. The molecule has 1 amide bonds. The van der Waals surface area contributed by atoms with Gasteiger partial charge in [0.25, 0.3) is 0 Å². The lowest BCUT2D eigenvalue weighted by Crippen LogP contribution is -2.48. The smallest absolute Gasteiger partial charge is 0.224 e. The Hall–Kier alpha value is -0.650. The molecule has 0 aromatic carbocycles. The number of ether oxygens (including phenoxy) is 1. The Bertz CT molecular complexity index is 269. The molecule has 0 bridgehead atoms. The zero-order valence-electron chi connectivity index (χ0n) is 11.4. The lowest BCUT2D eigenvalue weighted by Gasteiger charge is -2.29. The van der Waals surface area contributed by atoms with Gasteiger partial charge in [-0.15, -0.1) is 0 Å². The monoisotopic (exact) mass is 258 g/mol. The zero-order valence-corrected chi connectivity index (χ0v) is 11.4. The van der Waals surface area contributed by atoms with E-state index in [-0.39, 0.29) is 24.4 Å². The van der Waals surface area contributed by atoms with Gasteiger partial charge >= 0.3 is 0 Å². The molecule has 5 nitrogen and oxygen atoms in total. The molecule has 0 radical (unpaired) electrons. The van der Waals surface area contributed by atoms with E-state index in [0.717, 1.165) is 25.7 Å². The van der Waals surface area contributed by atoms with Crippen LogP contribution in [-0.4, -0.2) is 42.9 Å². The van der Waals surface area contributed by atoms with Crippen LogP contribution < -0.4 is 11.1 Å². The van der Waals surface area contributed by atoms with Crippen molar-refractivity contribution < 1.29 is 14.6 Å². The van der Waals surface area contributed by atoms with Crippen LogP contribution in [0, 0.1) is 5.92 Å². The Morgan fingerprint density at radius 3 is 2.78 bits per heavy atom. The predicted molar refractivity (Wildman–Crippen MR) is 70.1 cm³/mol. The molecular formula is C13H26N2O3. The van der Waals surface area contributed by atoms with Crippen LogP contribution in [0.5, 0.6) is 0 Å². The highest BCUT2D eigenvalue weighted by Crippen LogP contribution is 2.23. The molecule has 3 atom stereocenters. The first-order chi connectivity index (χ1) is 8.46. The highest BCUT2D eigenvalue weighted by atomic mass is 16.5. The Morgan fingerprint density at radius 1 is 1.50 bits per heavy atom. The fourth-order valence-electron chi connectivity index (χ4n) is 2.30. The first kappa shape index (κ1) is 15.4. The molecule has 1 aliphatic rings. The quantitative estimate of drug-likeness (QED) is 0.644. The zero-order chi connectivity index (χ0) is 13.6. The minimum Gasteiger partial charge on any atom is -0.388 e. The molecule has 1 fully saturated rings. The SMILES string of the molecule is COCCC(C)(O)CNC(=O)C1CCCCC1N. The van der Waals surface area contributed by atoms with Gasteiger partial charge in [0.2, 0.25) is 5.91 Å². The molecule has 5 heteroatoms. The summed E-state index contributed by atoms with van der Waals surface area (Å²) < 4.78 is 4.93. The van der Waals surface area contributed by atoms with Crippen LogP contribution in [0.3, 0.4) is 0 Å². The molecule has 1 aliphatic carbocycles. The molecule has 3 unspecified atom stereocenters. The molecule has 0 saturated heterocycles. The van der Waals surface area contributed by atoms with Crippen molar-refractivity contribution in [2.45, 2.75) is 50.7 Å². The lowest BCUT2D eigenvalue weighted by molar-refractivity contribution is -0.127. The minimum absolute atomic E-state index is 0.0279. The highest BCUT2D eigenvalue weighted by Gasteiger charge is 2.29. The fourth-order valence-corrected chi connectivity index (χ4v) is 2.30. The number of rotatable bonds is 6. The van der Waals surface area contributed by atoms with Crippen molar-refractivity contribution >= 4 is 5.91 Å². The van der Waals surface area contributed by atoms with E-state index in [9.17, 15) is 9.90 Å². The molecule has 18 heavy (non-hydrogen) atoms. The maximum atomic E-state index is 12.0. The third-order valence-corrected chi connectivity index (χ3v) is 3.64. The van der Waals surface area contributed by atoms with Gasteiger partial charge in [0.1, 0.15) is 0 Å². The summed E-state index contributed by atoms with van der Waals surface area (Å²) in [5.74, 6) is -0.128. The normalized spacial score (nSPS) is 27.6. The van der Waals surface area contributed by atoms with Gasteiger partial charge in [-0.1, -0.05) is 12.8 Å². The fraction of sp³-hybridized carbons (Fsp3) is 0.923. The van der Waals surface area contributed by atoms with E-state index in [0.29, 0.717) is 13.0 Å². The summed E-state index contributed by atoms with van der Waals surface area (Å²) in [6.07, 6.45) is 4.44. The van der Waals surface area contributed by atoms with Crippen LogP contribution >= 0.6 is 0 Å². The average molecular weight is 258 g/mol. The first-order valence-corrected chi connectivity index (χ1v) is 6.71. The van der Waals surface area contributed by atoms with Crippen LogP contribution in [0.15, 0.2) is 0 Å². The summed E-state index contributed by atoms with van der Waals surface area (Å²) in [4.78, 5) is 12.0. The maximum Gasteiger partial charge on any atom is 0.224 e. The summed E-state index contributed by atoms with van der Waals surface area (Å²) in [6, 6.07) is -0.0392. The van der Waals surface area contributed by atoms with Crippen LogP contribution in [0.2, 0.25) is 0 Å². The van der Waals surface area contributed by atoms with Gasteiger partial charge in [-0.2, -0.15) is 0 Å². The van der Waals surface area contributed by atoms with Gasteiger partial charge in [-0.25, -0.2) is 0 Å². The molecule has 4 N–H and O–H groups in total. The van der Waals surface area contributed by atoms with Gasteiger partial charge in [-0.05, 0) is 19.8 Å². The van der Waals surface area contributed by atoms with Crippen molar-refractivity contribution in [3.05, 3.63) is 0 Å². The number of aliphatic hydroxyl groups is 1. The molecule has 106 valence electrons. The second-order valence-corrected chi connectivity index (χ2v) is 5.51. The average Bonchev–Trinajstić information content (AvgIpc) is 2.34. The van der Waals surface area contributed by atoms with Gasteiger partial charge in [0.15, 0.2) is 0 Å². The molecule has 1 rings (SSSR count). The van der Waals surface area contributed by atoms with E-state index >= 15 is 0 Å². The Labute approximate surface area is 109 Å². The van der Waals surface area contributed by atoms with E-state index in [1.807, 2.05) is 0 Å². The predicted octanol–water partition coefficient (Wildman–Crippen LogP) is 0.408. The molecule has 0 aromatic heterocycles. The summed E-state index contributed by atoms with van der Waals surface area (Å²) >= 11 is 0. The van der Waals surface area contributed by atoms with Gasteiger partial charge < -0.3 is 20.9 Å². The van der Waals surface area contributed by atoms with Crippen molar-refractivity contribution in [1.29, 1.82) is 0 Å². The number of nitrogens with one attached hydrogen (secondary N) is 1. The molecular weight excluding hydrogens is 232 g/mol. The van der Waals surface area contributed by atoms with E-state index in [4.69, 9.17) is 10.5 Å². The summed E-state index contributed by atoms with van der Waals surface area (Å²) in [5, 5.41) is 12.8. The Morgan fingerprint density at radius 2 is 2.17 bits per heavy atom. The topological polar surface area (TPSA) is 84.6 Å². The van der Waals surface area contributed by atoms with Crippen LogP contribution in [0.1, 0.15) is 39.0 Å². The van der Waals surface area contributed by atoms with Crippen molar-refractivity contribution in [2.24, 2.45) is 11.7 Å². The summed E-state index contributed by atoms with van der Waals surface area (Å²) in [5.41, 5.74) is 5.03. The minimum atomic E-state index is -0.926. The number of amides is 1. The van der Waals surface area contributed by atoms with Gasteiger partial charge in [0, 0.05) is 32.7 Å². The third kappa shape index (κ3) is 4.92. The van der Waals surface area contributed by atoms with Crippen LogP contribution in [-0.2, 0) is 9.53 Å². The van der Waals surface area contributed by atoms with Crippen molar-refractivity contribution in [3.8, 4) is 0 Å². The van der Waals surface area contributed by atoms with Crippen molar-refractivity contribution in [1.82, 2.24) is 5.32 Å². The largest absolute Gasteiger partial charge is 0.388 e. The van der Waals surface area contributed by atoms with Gasteiger partial charge in [0.05, 0.1) is 11.5 Å². The second kappa shape index (κ2) is 7.07. The number of hydrogen-bond donors (Lipinski definition) is 3. The van der Waals surface area contributed by atoms with Crippen LogP contribution in [0.4, 0.5) is 0 Å². The van der Waals surface area contributed by atoms with E-state index in [1.54, 1.807) is 14.0 Å². The van der Waals surface area contributed by atoms with E-state index in [2.05, 4.69) is 5.32 Å². The van der Waals surface area contributed by atoms with Crippen LogP contribution in [0.25, 0.3) is 0 Å². The summed E-state index contributed by atoms with van der Waals surface area (Å²) in [7, 11) is 1.59. The van der Waals surface area contributed by atoms with Gasteiger partial charge in [-0.3, -0.25) is 4.79 Å². The number of hydrogen-bond acceptors (Lipinski definition) is 4. The maximum absolute atomic E-state index is 12.0. The van der Waals surface area contributed by atoms with Crippen molar-refractivity contribution in [3.63, 3.8) is 0 Å². The highest BCUT2D eigenvalue weighted by molar-refractivity contribution is 5.79. The number of carbonyl (C=O) groups excluding carboxylic acids is 1. The number of carbonyl (C=O) groups is 1. The second-order valence-electron chi connectivity index (χ2n) is 5.51. The molecule has 0 spiro atoms. The molecule has 0 aromatic rings. The molecule has 1 saturated carbocycles. The summed E-state index contributed by atoms with van der Waals surface area (Å²) in [6.45, 7) is 2.43. The molecule has 0 aliphatic heterocycles. The third-order valence-electron chi connectivity index (χ3n) is 3.64. The standard InChI is InChI=1S/C13H26N2O3/c1-13(17,7-8-18-2)9-15-12(16)10-5-3-4-6-11(10)14/h10-11,17H,3-9,14H2,1-2H3,(H,15,16). The number of nitrogens with two attached hydrogens (primary N) is 1. The van der Waals surface area contributed by atoms with Crippen molar-refractivity contribution in [2.75, 3.05) is 20.3 Å².